The lowest BCUT2D eigenvalue weighted by Crippen LogP contribution is -2.39. The minimum atomic E-state index is -0.463. The van der Waals surface area contributed by atoms with Crippen molar-refractivity contribution in [3.8, 4) is 0 Å². The second-order valence-corrected chi connectivity index (χ2v) is 8.88. The van der Waals surface area contributed by atoms with Crippen LogP contribution in [0.3, 0.4) is 0 Å². The van der Waals surface area contributed by atoms with Gasteiger partial charge in [0.15, 0.2) is 5.78 Å². The molecule has 0 spiro atoms. The Bertz CT molecular complexity index is 864. The summed E-state index contributed by atoms with van der Waals surface area (Å²) >= 11 is 6.22. The number of benzene rings is 1. The Hall–Kier alpha value is -2.07. The van der Waals surface area contributed by atoms with E-state index in [0.717, 1.165) is 23.4 Å². The molecule has 0 amide bonds. The zero-order valence-electron chi connectivity index (χ0n) is 16.5. The minimum absolute atomic E-state index is 0.0704. The van der Waals surface area contributed by atoms with Gasteiger partial charge < -0.3 is 10.1 Å². The summed E-state index contributed by atoms with van der Waals surface area (Å²) in [6.07, 6.45) is 0.972. The molecule has 0 radical (unpaired) electrons. The quantitative estimate of drug-likeness (QED) is 0.750. The summed E-state index contributed by atoms with van der Waals surface area (Å²) in [4.78, 5) is 26.0. The molecule has 1 N–H and O–H groups in total. The number of halogens is 1. The molecule has 4 nitrogen and oxygen atoms in total. The van der Waals surface area contributed by atoms with E-state index in [1.165, 1.54) is 0 Å². The molecule has 1 atom stereocenters. The molecule has 1 heterocycles. The van der Waals surface area contributed by atoms with Crippen LogP contribution in [-0.4, -0.2) is 17.9 Å². The third kappa shape index (κ3) is 3.96. The summed E-state index contributed by atoms with van der Waals surface area (Å²) in [5, 5.41) is 3.90. The second kappa shape index (κ2) is 7.16. The standard InChI is InChI=1S/C22H26ClNO3/c1-12(2)27-21(26)18-13(3)24-16-10-22(4,5)11-17(25)20(16)19(18)14-7-6-8-15(23)9-14/h6-9,12,19,24H,10-11H2,1-5H3/t19-/m1/s1. The van der Waals surface area contributed by atoms with Gasteiger partial charge in [-0.15, -0.1) is 0 Å². The van der Waals surface area contributed by atoms with Crippen LogP contribution in [-0.2, 0) is 14.3 Å². The van der Waals surface area contributed by atoms with Crippen molar-refractivity contribution in [2.75, 3.05) is 0 Å². The summed E-state index contributed by atoms with van der Waals surface area (Å²) in [5.41, 5.74) is 3.50. The summed E-state index contributed by atoms with van der Waals surface area (Å²) in [5.74, 6) is -0.792. The maximum absolute atomic E-state index is 13.1. The van der Waals surface area contributed by atoms with Gasteiger partial charge in [-0.2, -0.15) is 0 Å². The molecule has 0 bridgehead atoms. The van der Waals surface area contributed by atoms with Crippen LogP contribution in [0.4, 0.5) is 0 Å². The van der Waals surface area contributed by atoms with Gasteiger partial charge in [-0.05, 0) is 50.3 Å². The number of Topliss-reactive ketones (excluding diaryl/α,β-unsaturated/α-hetero) is 1. The number of carbonyl (C=O) groups excluding carboxylic acids is 2. The molecular formula is C22H26ClNO3. The summed E-state index contributed by atoms with van der Waals surface area (Å²) in [7, 11) is 0. The predicted octanol–water partition coefficient (Wildman–Crippen LogP) is 4.90. The number of allylic oxidation sites excluding steroid dienone is 3. The number of esters is 1. The number of ketones is 1. The summed E-state index contributed by atoms with van der Waals surface area (Å²) < 4.78 is 5.49. The molecule has 1 aromatic carbocycles. The van der Waals surface area contributed by atoms with Gasteiger partial charge in [0.2, 0.25) is 0 Å². The molecule has 0 unspecified atom stereocenters. The van der Waals surface area contributed by atoms with Crippen LogP contribution in [0.5, 0.6) is 0 Å². The number of nitrogens with one attached hydrogen (secondary N) is 1. The lowest BCUT2D eigenvalue weighted by Gasteiger charge is -2.39. The van der Waals surface area contributed by atoms with Crippen molar-refractivity contribution in [1.29, 1.82) is 0 Å². The molecule has 0 aromatic heterocycles. The van der Waals surface area contributed by atoms with E-state index in [1.54, 1.807) is 6.07 Å². The maximum Gasteiger partial charge on any atom is 0.337 e. The zero-order chi connectivity index (χ0) is 19.9. The maximum atomic E-state index is 13.1. The Morgan fingerprint density at radius 2 is 2.00 bits per heavy atom. The van der Waals surface area contributed by atoms with E-state index in [1.807, 2.05) is 39.0 Å². The molecule has 1 aliphatic carbocycles. The van der Waals surface area contributed by atoms with Gasteiger partial charge in [0.25, 0.3) is 0 Å². The highest BCUT2D eigenvalue weighted by atomic mass is 35.5. The first-order valence-electron chi connectivity index (χ1n) is 9.29. The second-order valence-electron chi connectivity index (χ2n) is 8.44. The summed E-state index contributed by atoms with van der Waals surface area (Å²) in [6, 6.07) is 7.37. The number of dihydropyridines is 1. The molecule has 0 fully saturated rings. The van der Waals surface area contributed by atoms with Crippen molar-refractivity contribution < 1.29 is 14.3 Å². The fourth-order valence-corrected chi connectivity index (χ4v) is 4.20. The highest BCUT2D eigenvalue weighted by Crippen LogP contribution is 2.47. The van der Waals surface area contributed by atoms with Crippen molar-refractivity contribution in [3.05, 3.63) is 57.4 Å². The first-order valence-corrected chi connectivity index (χ1v) is 9.67. The van der Waals surface area contributed by atoms with E-state index < -0.39 is 11.9 Å². The van der Waals surface area contributed by atoms with Crippen LogP contribution in [0.25, 0.3) is 0 Å². The van der Waals surface area contributed by atoms with E-state index >= 15 is 0 Å². The molecule has 1 aromatic rings. The first kappa shape index (κ1) is 19.7. The van der Waals surface area contributed by atoms with Crippen LogP contribution >= 0.6 is 11.6 Å². The molecule has 2 aliphatic rings. The van der Waals surface area contributed by atoms with E-state index in [4.69, 9.17) is 16.3 Å². The Balaban J connectivity index is 2.17. The fraction of sp³-hybridized carbons (Fsp3) is 0.455. The average molecular weight is 388 g/mol. The SMILES string of the molecule is CC1=C(C(=O)OC(C)C)[C@@H](c2cccc(Cl)c2)C2=C(CC(C)(C)CC2=O)N1. The van der Waals surface area contributed by atoms with Gasteiger partial charge in [0, 0.05) is 34.3 Å². The van der Waals surface area contributed by atoms with Crippen molar-refractivity contribution in [3.63, 3.8) is 0 Å². The highest BCUT2D eigenvalue weighted by Gasteiger charge is 2.43. The van der Waals surface area contributed by atoms with Crippen molar-refractivity contribution >= 4 is 23.4 Å². The zero-order valence-corrected chi connectivity index (χ0v) is 17.2. The monoisotopic (exact) mass is 387 g/mol. The lowest BCUT2D eigenvalue weighted by atomic mass is 9.68. The molecule has 0 saturated carbocycles. The van der Waals surface area contributed by atoms with Crippen LogP contribution < -0.4 is 5.32 Å². The largest absolute Gasteiger partial charge is 0.460 e. The number of rotatable bonds is 3. The van der Waals surface area contributed by atoms with Crippen LogP contribution in [0.2, 0.25) is 5.02 Å². The van der Waals surface area contributed by atoms with Gasteiger partial charge in [-0.1, -0.05) is 37.6 Å². The van der Waals surface area contributed by atoms with Gasteiger partial charge in [-0.3, -0.25) is 4.79 Å². The smallest absolute Gasteiger partial charge is 0.337 e. The molecule has 3 rings (SSSR count). The molecule has 27 heavy (non-hydrogen) atoms. The molecule has 144 valence electrons. The van der Waals surface area contributed by atoms with Crippen LogP contribution in [0, 0.1) is 5.41 Å². The molecule has 5 heteroatoms. The predicted molar refractivity (Wildman–Crippen MR) is 106 cm³/mol. The van der Waals surface area contributed by atoms with Gasteiger partial charge in [-0.25, -0.2) is 4.79 Å². The molecular weight excluding hydrogens is 362 g/mol. The highest BCUT2D eigenvalue weighted by molar-refractivity contribution is 6.30. The molecule has 0 saturated heterocycles. The van der Waals surface area contributed by atoms with Gasteiger partial charge in [0.05, 0.1) is 11.7 Å². The fourth-order valence-electron chi connectivity index (χ4n) is 4.00. The van der Waals surface area contributed by atoms with Crippen molar-refractivity contribution in [1.82, 2.24) is 5.32 Å². The Morgan fingerprint density at radius 3 is 2.63 bits per heavy atom. The van der Waals surface area contributed by atoms with Crippen LogP contribution in [0.1, 0.15) is 58.9 Å². The lowest BCUT2D eigenvalue weighted by molar-refractivity contribution is -0.143. The average Bonchev–Trinajstić information content (AvgIpc) is 2.51. The van der Waals surface area contributed by atoms with E-state index in [0.29, 0.717) is 22.6 Å². The topological polar surface area (TPSA) is 55.4 Å². The molecule has 1 aliphatic heterocycles. The first-order chi connectivity index (χ1) is 12.6. The van der Waals surface area contributed by atoms with Crippen molar-refractivity contribution in [2.45, 2.75) is 59.5 Å². The number of hydrogen-bond acceptors (Lipinski definition) is 4. The number of carbonyl (C=O) groups is 2. The Morgan fingerprint density at radius 1 is 1.30 bits per heavy atom. The van der Waals surface area contributed by atoms with Gasteiger partial charge in [0.1, 0.15) is 0 Å². The summed E-state index contributed by atoms with van der Waals surface area (Å²) in [6.45, 7) is 9.68. The van der Waals surface area contributed by atoms with E-state index in [2.05, 4.69) is 19.2 Å². The van der Waals surface area contributed by atoms with E-state index in [9.17, 15) is 9.59 Å². The third-order valence-electron chi connectivity index (χ3n) is 4.98. The number of hydrogen-bond donors (Lipinski definition) is 1. The minimum Gasteiger partial charge on any atom is -0.460 e. The van der Waals surface area contributed by atoms with Crippen LogP contribution in [0.15, 0.2) is 46.8 Å². The van der Waals surface area contributed by atoms with Gasteiger partial charge >= 0.3 is 5.97 Å². The Kier molecular flexibility index (Phi) is 5.22. The third-order valence-corrected chi connectivity index (χ3v) is 5.22. The van der Waals surface area contributed by atoms with E-state index in [-0.39, 0.29) is 17.3 Å². The van der Waals surface area contributed by atoms with Crippen molar-refractivity contribution in [2.24, 2.45) is 5.41 Å². The normalized spacial score (nSPS) is 21.9. The Labute approximate surface area is 165 Å². The number of ether oxygens (including phenoxy) is 1.